The highest BCUT2D eigenvalue weighted by molar-refractivity contribution is 5.22. The van der Waals surface area contributed by atoms with E-state index in [0.29, 0.717) is 6.04 Å². The predicted octanol–water partition coefficient (Wildman–Crippen LogP) is 1.71. The van der Waals surface area contributed by atoms with Gasteiger partial charge in [-0.2, -0.15) is 0 Å². The maximum Gasteiger partial charge on any atom is 0.0234 e. The van der Waals surface area contributed by atoms with Gasteiger partial charge in [-0.05, 0) is 24.5 Å². The first-order valence-corrected chi connectivity index (χ1v) is 7.47. The Kier molecular flexibility index (Phi) is 5.37. The standard InChI is InChI=1S/C16H27N3/c1-3-15-4-6-16(7-5-15)13-18-8-10-19(11-9-18)14(2)12-17/h4-7,14H,3,8-13,17H2,1-2H3. The fraction of sp³-hybridized carbons (Fsp3) is 0.625. The molecule has 1 heterocycles. The molecule has 2 rings (SSSR count). The van der Waals surface area contributed by atoms with Gasteiger partial charge in [-0.25, -0.2) is 0 Å². The molecule has 1 aromatic carbocycles. The number of benzene rings is 1. The molecule has 1 fully saturated rings. The van der Waals surface area contributed by atoms with Crippen LogP contribution in [-0.4, -0.2) is 48.6 Å². The Bertz CT molecular complexity index is 366. The summed E-state index contributed by atoms with van der Waals surface area (Å²) in [5.41, 5.74) is 8.58. The molecule has 1 unspecified atom stereocenters. The molecule has 1 aliphatic rings. The average molecular weight is 261 g/mol. The number of hydrogen-bond acceptors (Lipinski definition) is 3. The highest BCUT2D eigenvalue weighted by atomic mass is 15.3. The maximum absolute atomic E-state index is 5.73. The molecule has 0 amide bonds. The van der Waals surface area contributed by atoms with Gasteiger partial charge in [0.25, 0.3) is 0 Å². The SMILES string of the molecule is CCc1ccc(CN2CCN(C(C)CN)CC2)cc1. The number of aryl methyl sites for hydroxylation is 1. The lowest BCUT2D eigenvalue weighted by Gasteiger charge is -2.37. The van der Waals surface area contributed by atoms with E-state index >= 15 is 0 Å². The van der Waals surface area contributed by atoms with Crippen LogP contribution in [-0.2, 0) is 13.0 Å². The summed E-state index contributed by atoms with van der Waals surface area (Å²) >= 11 is 0. The molecule has 3 heteroatoms. The topological polar surface area (TPSA) is 32.5 Å². The Morgan fingerprint density at radius 2 is 1.63 bits per heavy atom. The van der Waals surface area contributed by atoms with Crippen molar-refractivity contribution >= 4 is 0 Å². The Morgan fingerprint density at radius 3 is 2.16 bits per heavy atom. The van der Waals surface area contributed by atoms with E-state index in [2.05, 4.69) is 47.9 Å². The molecular formula is C16H27N3. The van der Waals surface area contributed by atoms with E-state index in [4.69, 9.17) is 5.73 Å². The summed E-state index contributed by atoms with van der Waals surface area (Å²) in [6.07, 6.45) is 1.12. The molecule has 0 aromatic heterocycles. The largest absolute Gasteiger partial charge is 0.329 e. The predicted molar refractivity (Wildman–Crippen MR) is 81.2 cm³/mol. The van der Waals surface area contributed by atoms with Crippen molar-refractivity contribution in [3.05, 3.63) is 35.4 Å². The van der Waals surface area contributed by atoms with E-state index in [1.54, 1.807) is 0 Å². The van der Waals surface area contributed by atoms with Crippen molar-refractivity contribution in [1.82, 2.24) is 9.80 Å². The van der Waals surface area contributed by atoms with Gasteiger partial charge in [0.05, 0.1) is 0 Å². The number of nitrogens with zero attached hydrogens (tertiary/aromatic N) is 2. The third-order valence-corrected chi connectivity index (χ3v) is 4.21. The highest BCUT2D eigenvalue weighted by Crippen LogP contribution is 2.11. The van der Waals surface area contributed by atoms with Crippen LogP contribution in [0.15, 0.2) is 24.3 Å². The molecule has 0 spiro atoms. The van der Waals surface area contributed by atoms with Crippen molar-refractivity contribution in [2.75, 3.05) is 32.7 Å². The molecule has 106 valence electrons. The minimum Gasteiger partial charge on any atom is -0.329 e. The molecule has 2 N–H and O–H groups in total. The van der Waals surface area contributed by atoms with Gasteiger partial charge in [0.15, 0.2) is 0 Å². The third kappa shape index (κ3) is 4.03. The van der Waals surface area contributed by atoms with Crippen LogP contribution in [0.25, 0.3) is 0 Å². The summed E-state index contributed by atoms with van der Waals surface area (Å²) in [4.78, 5) is 5.04. The molecule has 0 aliphatic carbocycles. The summed E-state index contributed by atoms with van der Waals surface area (Å²) in [6.45, 7) is 10.9. The van der Waals surface area contributed by atoms with E-state index in [1.165, 1.54) is 11.1 Å². The smallest absolute Gasteiger partial charge is 0.0234 e. The summed E-state index contributed by atoms with van der Waals surface area (Å²) in [6, 6.07) is 9.57. The molecule has 1 aromatic rings. The number of hydrogen-bond donors (Lipinski definition) is 1. The lowest BCUT2D eigenvalue weighted by Crippen LogP contribution is -2.51. The van der Waals surface area contributed by atoms with Crippen molar-refractivity contribution in [3.63, 3.8) is 0 Å². The van der Waals surface area contributed by atoms with E-state index in [-0.39, 0.29) is 0 Å². The van der Waals surface area contributed by atoms with Crippen molar-refractivity contribution in [2.24, 2.45) is 5.73 Å². The second-order valence-electron chi connectivity index (χ2n) is 5.57. The van der Waals surface area contributed by atoms with Crippen molar-refractivity contribution in [2.45, 2.75) is 32.9 Å². The van der Waals surface area contributed by atoms with Crippen LogP contribution >= 0.6 is 0 Å². The molecule has 0 radical (unpaired) electrons. The van der Waals surface area contributed by atoms with Crippen LogP contribution in [0.2, 0.25) is 0 Å². The summed E-state index contributed by atoms with van der Waals surface area (Å²) in [7, 11) is 0. The minimum atomic E-state index is 0.519. The van der Waals surface area contributed by atoms with Gasteiger partial charge < -0.3 is 5.73 Å². The van der Waals surface area contributed by atoms with Crippen LogP contribution in [0.3, 0.4) is 0 Å². The summed E-state index contributed by atoms with van der Waals surface area (Å²) < 4.78 is 0. The van der Waals surface area contributed by atoms with Gasteiger partial charge in [0, 0.05) is 45.3 Å². The first-order valence-electron chi connectivity index (χ1n) is 7.47. The number of piperazine rings is 1. The van der Waals surface area contributed by atoms with Crippen LogP contribution in [0, 0.1) is 0 Å². The zero-order valence-electron chi connectivity index (χ0n) is 12.3. The van der Waals surface area contributed by atoms with Crippen LogP contribution in [0.1, 0.15) is 25.0 Å². The second-order valence-corrected chi connectivity index (χ2v) is 5.57. The number of nitrogens with two attached hydrogens (primary N) is 1. The van der Waals surface area contributed by atoms with E-state index < -0.39 is 0 Å². The van der Waals surface area contributed by atoms with Gasteiger partial charge in [0.2, 0.25) is 0 Å². The minimum absolute atomic E-state index is 0.519. The molecule has 1 aliphatic heterocycles. The van der Waals surface area contributed by atoms with Crippen molar-refractivity contribution in [1.29, 1.82) is 0 Å². The second kappa shape index (κ2) is 7.04. The van der Waals surface area contributed by atoms with Gasteiger partial charge in [0.1, 0.15) is 0 Å². The molecular weight excluding hydrogens is 234 g/mol. The fourth-order valence-corrected chi connectivity index (χ4v) is 2.65. The van der Waals surface area contributed by atoms with Gasteiger partial charge in [-0.1, -0.05) is 31.2 Å². The Labute approximate surface area is 117 Å². The molecule has 0 saturated carbocycles. The highest BCUT2D eigenvalue weighted by Gasteiger charge is 2.19. The maximum atomic E-state index is 5.73. The van der Waals surface area contributed by atoms with Crippen molar-refractivity contribution < 1.29 is 0 Å². The zero-order chi connectivity index (χ0) is 13.7. The zero-order valence-corrected chi connectivity index (χ0v) is 12.3. The molecule has 3 nitrogen and oxygen atoms in total. The molecule has 1 atom stereocenters. The Balaban J connectivity index is 1.81. The first kappa shape index (κ1) is 14.5. The van der Waals surface area contributed by atoms with Crippen LogP contribution < -0.4 is 5.73 Å². The van der Waals surface area contributed by atoms with Crippen molar-refractivity contribution in [3.8, 4) is 0 Å². The van der Waals surface area contributed by atoms with Gasteiger partial charge >= 0.3 is 0 Å². The Hall–Kier alpha value is -0.900. The normalized spacial score (nSPS) is 19.5. The lowest BCUT2D eigenvalue weighted by atomic mass is 10.1. The summed E-state index contributed by atoms with van der Waals surface area (Å²) in [5.74, 6) is 0. The van der Waals surface area contributed by atoms with Gasteiger partial charge in [-0.3, -0.25) is 9.80 Å². The van der Waals surface area contributed by atoms with Gasteiger partial charge in [-0.15, -0.1) is 0 Å². The summed E-state index contributed by atoms with van der Waals surface area (Å²) in [5, 5.41) is 0. The van der Waals surface area contributed by atoms with E-state index in [0.717, 1.165) is 45.7 Å². The lowest BCUT2D eigenvalue weighted by molar-refractivity contribution is 0.100. The van der Waals surface area contributed by atoms with E-state index in [1.807, 2.05) is 0 Å². The van der Waals surface area contributed by atoms with Crippen LogP contribution in [0.4, 0.5) is 0 Å². The molecule has 0 bridgehead atoms. The third-order valence-electron chi connectivity index (χ3n) is 4.21. The quantitative estimate of drug-likeness (QED) is 0.876. The molecule has 19 heavy (non-hydrogen) atoms. The monoisotopic (exact) mass is 261 g/mol. The molecule has 1 saturated heterocycles. The Morgan fingerprint density at radius 1 is 1.05 bits per heavy atom. The van der Waals surface area contributed by atoms with Crippen LogP contribution in [0.5, 0.6) is 0 Å². The first-order chi connectivity index (χ1) is 9.22. The number of rotatable bonds is 5. The fourth-order valence-electron chi connectivity index (χ4n) is 2.65. The van der Waals surface area contributed by atoms with E-state index in [9.17, 15) is 0 Å². The average Bonchev–Trinajstić information content (AvgIpc) is 2.48.